The van der Waals surface area contributed by atoms with Gasteiger partial charge >= 0.3 is 0 Å². The fourth-order valence-electron chi connectivity index (χ4n) is 2.38. The molecule has 0 aliphatic rings. The molecule has 1 N–H and O–H groups in total. The molecule has 2 rings (SSSR count). The van der Waals surface area contributed by atoms with E-state index in [4.69, 9.17) is 4.42 Å². The first-order valence-corrected chi connectivity index (χ1v) is 6.80. The van der Waals surface area contributed by atoms with E-state index in [2.05, 4.69) is 41.7 Å². The molecule has 1 unspecified atom stereocenters. The van der Waals surface area contributed by atoms with E-state index in [0.29, 0.717) is 6.04 Å². The Morgan fingerprint density at radius 2 is 2.05 bits per heavy atom. The third-order valence-corrected chi connectivity index (χ3v) is 3.44. The van der Waals surface area contributed by atoms with E-state index in [-0.39, 0.29) is 6.04 Å². The lowest BCUT2D eigenvalue weighted by atomic mass is 10.1. The average molecular weight is 261 g/mol. The van der Waals surface area contributed by atoms with Gasteiger partial charge in [-0.2, -0.15) is 0 Å². The van der Waals surface area contributed by atoms with Crippen molar-refractivity contribution in [1.82, 2.24) is 14.9 Å². The molecule has 0 aliphatic heterocycles. The van der Waals surface area contributed by atoms with Gasteiger partial charge in [0.15, 0.2) is 0 Å². The summed E-state index contributed by atoms with van der Waals surface area (Å²) in [4.78, 5) is 4.22. The highest BCUT2D eigenvalue weighted by Crippen LogP contribution is 2.21. The number of hydrogen-bond acceptors (Lipinski definition) is 3. The van der Waals surface area contributed by atoms with Crippen molar-refractivity contribution in [3.05, 3.63) is 41.4 Å². The largest absolute Gasteiger partial charge is 0.466 e. The van der Waals surface area contributed by atoms with Crippen LogP contribution in [0.1, 0.15) is 55.6 Å². The minimum atomic E-state index is 0.271. The smallest absolute Gasteiger partial charge is 0.105 e. The monoisotopic (exact) mass is 261 g/mol. The fourth-order valence-corrected chi connectivity index (χ4v) is 2.38. The molecule has 2 heterocycles. The van der Waals surface area contributed by atoms with Crippen LogP contribution in [0, 0.1) is 13.8 Å². The lowest BCUT2D eigenvalue weighted by Gasteiger charge is -2.16. The van der Waals surface area contributed by atoms with Crippen LogP contribution in [0.2, 0.25) is 0 Å². The summed E-state index contributed by atoms with van der Waals surface area (Å²) in [6.07, 6.45) is 3.81. The maximum atomic E-state index is 5.58. The molecule has 19 heavy (non-hydrogen) atoms. The first-order chi connectivity index (χ1) is 8.99. The molecule has 4 heteroatoms. The SMILES string of the molecule is Cc1cc(C(C)NCc2cncn2C(C)C)c(C)o1. The van der Waals surface area contributed by atoms with E-state index in [0.717, 1.165) is 18.1 Å². The van der Waals surface area contributed by atoms with Gasteiger partial charge in [0.2, 0.25) is 0 Å². The Kier molecular flexibility index (Phi) is 4.10. The minimum absolute atomic E-state index is 0.271. The highest BCUT2D eigenvalue weighted by Gasteiger charge is 2.13. The minimum Gasteiger partial charge on any atom is -0.466 e. The Labute approximate surface area is 114 Å². The van der Waals surface area contributed by atoms with Gasteiger partial charge in [-0.3, -0.25) is 0 Å². The highest BCUT2D eigenvalue weighted by atomic mass is 16.3. The number of nitrogens with zero attached hydrogens (tertiary/aromatic N) is 2. The third-order valence-electron chi connectivity index (χ3n) is 3.44. The molecular formula is C15H23N3O. The van der Waals surface area contributed by atoms with Crippen molar-refractivity contribution < 1.29 is 4.42 Å². The summed E-state index contributed by atoms with van der Waals surface area (Å²) >= 11 is 0. The van der Waals surface area contributed by atoms with E-state index < -0.39 is 0 Å². The van der Waals surface area contributed by atoms with Gasteiger partial charge in [-0.25, -0.2) is 4.98 Å². The molecule has 4 nitrogen and oxygen atoms in total. The Hall–Kier alpha value is -1.55. The molecule has 104 valence electrons. The molecule has 0 saturated carbocycles. The number of aryl methyl sites for hydroxylation is 2. The van der Waals surface area contributed by atoms with Crippen LogP contribution in [-0.4, -0.2) is 9.55 Å². The topological polar surface area (TPSA) is 43.0 Å². The van der Waals surface area contributed by atoms with Gasteiger partial charge in [0.1, 0.15) is 11.5 Å². The zero-order chi connectivity index (χ0) is 14.0. The lowest BCUT2D eigenvalue weighted by molar-refractivity contribution is 0.483. The maximum Gasteiger partial charge on any atom is 0.105 e. The van der Waals surface area contributed by atoms with E-state index in [1.165, 1.54) is 11.3 Å². The average Bonchev–Trinajstić information content (AvgIpc) is 2.92. The van der Waals surface area contributed by atoms with Crippen molar-refractivity contribution in [3.63, 3.8) is 0 Å². The normalized spacial score (nSPS) is 13.2. The molecule has 0 radical (unpaired) electrons. The molecule has 0 aromatic carbocycles. The number of furan rings is 1. The Balaban J connectivity index is 2.02. The molecule has 0 aliphatic carbocycles. The summed E-state index contributed by atoms with van der Waals surface area (Å²) in [5.74, 6) is 1.96. The fraction of sp³-hybridized carbons (Fsp3) is 0.533. The summed E-state index contributed by atoms with van der Waals surface area (Å²) in [5.41, 5.74) is 2.44. The maximum absolute atomic E-state index is 5.58. The van der Waals surface area contributed by atoms with E-state index in [9.17, 15) is 0 Å². The van der Waals surface area contributed by atoms with Crippen molar-refractivity contribution in [2.45, 2.75) is 53.2 Å². The number of hydrogen-bond donors (Lipinski definition) is 1. The van der Waals surface area contributed by atoms with Gasteiger partial charge in [0.25, 0.3) is 0 Å². The molecule has 0 bridgehead atoms. The summed E-state index contributed by atoms with van der Waals surface area (Å²) < 4.78 is 7.76. The second kappa shape index (κ2) is 5.61. The molecule has 0 spiro atoms. The zero-order valence-electron chi connectivity index (χ0n) is 12.4. The number of nitrogens with one attached hydrogen (secondary N) is 1. The molecular weight excluding hydrogens is 238 g/mol. The van der Waals surface area contributed by atoms with Crippen LogP contribution in [0.15, 0.2) is 23.0 Å². The first-order valence-electron chi connectivity index (χ1n) is 6.80. The standard InChI is InChI=1S/C15H23N3O/c1-10(2)18-9-16-7-14(18)8-17-12(4)15-6-11(3)19-13(15)5/h6-7,9-10,12,17H,8H2,1-5H3. The summed E-state index contributed by atoms with van der Waals surface area (Å²) in [7, 11) is 0. The lowest BCUT2D eigenvalue weighted by Crippen LogP contribution is -2.20. The molecule has 0 amide bonds. The first kappa shape index (κ1) is 13.9. The Bertz CT molecular complexity index is 539. The van der Waals surface area contributed by atoms with Crippen LogP contribution >= 0.6 is 0 Å². The van der Waals surface area contributed by atoms with Crippen molar-refractivity contribution in [3.8, 4) is 0 Å². The van der Waals surface area contributed by atoms with Crippen LogP contribution in [0.3, 0.4) is 0 Å². The number of imidazole rings is 1. The highest BCUT2D eigenvalue weighted by molar-refractivity contribution is 5.23. The van der Waals surface area contributed by atoms with Crippen LogP contribution in [-0.2, 0) is 6.54 Å². The second-order valence-corrected chi connectivity index (χ2v) is 5.36. The summed E-state index contributed by atoms with van der Waals surface area (Å²) in [6, 6.07) is 2.81. The van der Waals surface area contributed by atoms with Gasteiger partial charge in [0, 0.05) is 30.4 Å². The second-order valence-electron chi connectivity index (χ2n) is 5.36. The van der Waals surface area contributed by atoms with Gasteiger partial charge in [-0.1, -0.05) is 0 Å². The molecule has 0 saturated heterocycles. The van der Waals surface area contributed by atoms with Gasteiger partial charge in [0.05, 0.1) is 12.0 Å². The molecule has 2 aromatic rings. The predicted molar refractivity (Wildman–Crippen MR) is 76.0 cm³/mol. The summed E-state index contributed by atoms with van der Waals surface area (Å²) in [6.45, 7) is 11.3. The van der Waals surface area contributed by atoms with Crippen molar-refractivity contribution >= 4 is 0 Å². The molecule has 1 atom stereocenters. The van der Waals surface area contributed by atoms with E-state index in [1.807, 2.05) is 26.4 Å². The van der Waals surface area contributed by atoms with Crippen molar-refractivity contribution in [2.24, 2.45) is 0 Å². The van der Waals surface area contributed by atoms with Gasteiger partial charge in [-0.05, 0) is 40.7 Å². The predicted octanol–water partition coefficient (Wildman–Crippen LogP) is 3.52. The van der Waals surface area contributed by atoms with Crippen LogP contribution in [0.5, 0.6) is 0 Å². The van der Waals surface area contributed by atoms with Crippen LogP contribution < -0.4 is 5.32 Å². The van der Waals surface area contributed by atoms with Crippen molar-refractivity contribution in [1.29, 1.82) is 0 Å². The third kappa shape index (κ3) is 3.07. The van der Waals surface area contributed by atoms with Crippen LogP contribution in [0.25, 0.3) is 0 Å². The van der Waals surface area contributed by atoms with E-state index >= 15 is 0 Å². The van der Waals surface area contributed by atoms with Crippen molar-refractivity contribution in [2.75, 3.05) is 0 Å². The Morgan fingerprint density at radius 1 is 1.32 bits per heavy atom. The van der Waals surface area contributed by atoms with E-state index in [1.54, 1.807) is 0 Å². The van der Waals surface area contributed by atoms with Crippen LogP contribution in [0.4, 0.5) is 0 Å². The van der Waals surface area contributed by atoms with Gasteiger partial charge in [-0.15, -0.1) is 0 Å². The zero-order valence-corrected chi connectivity index (χ0v) is 12.4. The number of rotatable bonds is 5. The van der Waals surface area contributed by atoms with Gasteiger partial charge < -0.3 is 14.3 Å². The summed E-state index contributed by atoms with van der Waals surface area (Å²) in [5, 5.41) is 3.53. The Morgan fingerprint density at radius 3 is 2.63 bits per heavy atom. The molecule has 2 aromatic heterocycles. The quantitative estimate of drug-likeness (QED) is 0.895. The number of aromatic nitrogens is 2. The molecule has 0 fully saturated rings.